The molecule has 20 heavy (non-hydrogen) atoms. The fraction of sp³-hybridized carbons (Fsp3) is 0.600. The van der Waals surface area contributed by atoms with Crippen molar-refractivity contribution in [1.29, 1.82) is 0 Å². The third-order valence-electron chi connectivity index (χ3n) is 3.36. The Morgan fingerprint density at radius 3 is 3.10 bits per heavy atom. The molecule has 1 aliphatic heterocycles. The van der Waals surface area contributed by atoms with Gasteiger partial charge in [-0.1, -0.05) is 17.7 Å². The summed E-state index contributed by atoms with van der Waals surface area (Å²) in [5.74, 6) is 1.34. The van der Waals surface area contributed by atoms with Crippen molar-refractivity contribution in [2.45, 2.75) is 13.0 Å². The molecule has 112 valence electrons. The zero-order valence-corrected chi connectivity index (χ0v) is 12.6. The molecule has 1 aromatic rings. The molecule has 0 amide bonds. The number of hydrogen-bond donors (Lipinski definition) is 1. The van der Waals surface area contributed by atoms with Crippen LogP contribution in [0, 0.1) is 5.92 Å². The molecule has 1 unspecified atom stereocenters. The number of ether oxygens (including phenoxy) is 3. The van der Waals surface area contributed by atoms with Gasteiger partial charge in [-0.2, -0.15) is 0 Å². The third-order valence-corrected chi connectivity index (χ3v) is 3.71. The molecule has 1 atom stereocenters. The van der Waals surface area contributed by atoms with Crippen LogP contribution in [0.5, 0.6) is 5.75 Å². The second kappa shape index (κ2) is 8.47. The number of benzene rings is 1. The summed E-state index contributed by atoms with van der Waals surface area (Å²) >= 11 is 6.26. The van der Waals surface area contributed by atoms with E-state index in [0.29, 0.717) is 25.7 Å². The molecule has 0 aromatic heterocycles. The summed E-state index contributed by atoms with van der Waals surface area (Å²) in [6.07, 6.45) is 1.07. The van der Waals surface area contributed by atoms with Crippen LogP contribution in [-0.4, -0.2) is 40.1 Å². The van der Waals surface area contributed by atoms with Crippen molar-refractivity contribution < 1.29 is 14.2 Å². The standard InChI is InChI=1S/C15H22ClNO3/c1-18-8-6-17-9-13-14(16)3-2-4-15(13)20-11-12-5-7-19-10-12/h2-4,12,17H,5-11H2,1H3. The second-order valence-electron chi connectivity index (χ2n) is 4.93. The highest BCUT2D eigenvalue weighted by Crippen LogP contribution is 2.27. The average molecular weight is 300 g/mol. The molecule has 1 aliphatic rings. The first kappa shape index (κ1) is 15.6. The number of hydrogen-bond acceptors (Lipinski definition) is 4. The first-order chi connectivity index (χ1) is 9.81. The largest absolute Gasteiger partial charge is 0.493 e. The number of nitrogens with one attached hydrogen (secondary N) is 1. The third kappa shape index (κ3) is 4.63. The second-order valence-corrected chi connectivity index (χ2v) is 5.33. The van der Waals surface area contributed by atoms with Gasteiger partial charge in [-0.15, -0.1) is 0 Å². The van der Waals surface area contributed by atoms with E-state index in [9.17, 15) is 0 Å². The van der Waals surface area contributed by atoms with Crippen molar-refractivity contribution in [3.05, 3.63) is 28.8 Å². The maximum atomic E-state index is 6.26. The van der Waals surface area contributed by atoms with Gasteiger partial charge in [0.05, 0.1) is 19.8 Å². The van der Waals surface area contributed by atoms with Gasteiger partial charge < -0.3 is 19.5 Å². The minimum atomic E-state index is 0.489. The van der Waals surface area contributed by atoms with Gasteiger partial charge in [0.25, 0.3) is 0 Å². The van der Waals surface area contributed by atoms with Crippen LogP contribution in [0.4, 0.5) is 0 Å². The van der Waals surface area contributed by atoms with Crippen molar-refractivity contribution in [2.24, 2.45) is 5.92 Å². The van der Waals surface area contributed by atoms with Crippen molar-refractivity contribution >= 4 is 11.6 Å². The van der Waals surface area contributed by atoms with Gasteiger partial charge in [0.15, 0.2) is 0 Å². The van der Waals surface area contributed by atoms with Gasteiger partial charge in [-0.3, -0.25) is 0 Å². The predicted octanol–water partition coefficient (Wildman–Crippen LogP) is 2.49. The Balaban J connectivity index is 1.90. The van der Waals surface area contributed by atoms with E-state index in [1.807, 2.05) is 18.2 Å². The van der Waals surface area contributed by atoms with E-state index in [1.54, 1.807) is 7.11 Å². The normalized spacial score (nSPS) is 18.4. The van der Waals surface area contributed by atoms with Crippen molar-refractivity contribution in [3.63, 3.8) is 0 Å². The Kier molecular flexibility index (Phi) is 6.60. The van der Waals surface area contributed by atoms with E-state index in [1.165, 1.54) is 0 Å². The lowest BCUT2D eigenvalue weighted by Gasteiger charge is -2.15. The minimum absolute atomic E-state index is 0.489. The van der Waals surface area contributed by atoms with Crippen molar-refractivity contribution in [3.8, 4) is 5.75 Å². The number of methoxy groups -OCH3 is 1. The lowest BCUT2D eigenvalue weighted by atomic mass is 10.1. The maximum absolute atomic E-state index is 6.26. The molecule has 1 aromatic carbocycles. The summed E-state index contributed by atoms with van der Waals surface area (Å²) in [6.45, 7) is 4.47. The Labute approximate surface area is 125 Å². The van der Waals surface area contributed by atoms with Gasteiger partial charge >= 0.3 is 0 Å². The van der Waals surface area contributed by atoms with Crippen LogP contribution in [0.15, 0.2) is 18.2 Å². The van der Waals surface area contributed by atoms with Gasteiger partial charge in [0.1, 0.15) is 5.75 Å². The smallest absolute Gasteiger partial charge is 0.125 e. The molecule has 0 bridgehead atoms. The van der Waals surface area contributed by atoms with Crippen LogP contribution in [0.2, 0.25) is 5.02 Å². The van der Waals surface area contributed by atoms with Crippen LogP contribution in [0.3, 0.4) is 0 Å². The lowest BCUT2D eigenvalue weighted by molar-refractivity contribution is 0.166. The highest BCUT2D eigenvalue weighted by molar-refractivity contribution is 6.31. The van der Waals surface area contributed by atoms with E-state index in [0.717, 1.165) is 42.5 Å². The van der Waals surface area contributed by atoms with Gasteiger partial charge in [-0.25, -0.2) is 0 Å². The van der Waals surface area contributed by atoms with Crippen LogP contribution in [-0.2, 0) is 16.0 Å². The van der Waals surface area contributed by atoms with Crippen molar-refractivity contribution in [2.75, 3.05) is 40.1 Å². The Hall–Kier alpha value is -0.810. The number of halogens is 1. The van der Waals surface area contributed by atoms with Crippen LogP contribution < -0.4 is 10.1 Å². The molecule has 0 aliphatic carbocycles. The summed E-state index contributed by atoms with van der Waals surface area (Å²) in [5, 5.41) is 4.03. The summed E-state index contributed by atoms with van der Waals surface area (Å²) in [7, 11) is 1.69. The molecular weight excluding hydrogens is 278 g/mol. The molecular formula is C15H22ClNO3. The summed E-state index contributed by atoms with van der Waals surface area (Å²) in [4.78, 5) is 0. The van der Waals surface area contributed by atoms with E-state index in [2.05, 4.69) is 5.32 Å². The monoisotopic (exact) mass is 299 g/mol. The van der Waals surface area contributed by atoms with E-state index in [-0.39, 0.29) is 0 Å². The molecule has 4 nitrogen and oxygen atoms in total. The Bertz CT molecular complexity index is 408. The van der Waals surface area contributed by atoms with Gasteiger partial charge in [0, 0.05) is 43.3 Å². The van der Waals surface area contributed by atoms with Crippen LogP contribution in [0.25, 0.3) is 0 Å². The molecule has 0 spiro atoms. The van der Waals surface area contributed by atoms with Gasteiger partial charge in [0.2, 0.25) is 0 Å². The predicted molar refractivity (Wildman–Crippen MR) is 79.5 cm³/mol. The zero-order valence-electron chi connectivity index (χ0n) is 11.9. The first-order valence-corrected chi connectivity index (χ1v) is 7.36. The van der Waals surface area contributed by atoms with Gasteiger partial charge in [-0.05, 0) is 18.6 Å². The molecule has 5 heteroatoms. The molecule has 0 saturated carbocycles. The average Bonchev–Trinajstić information content (AvgIpc) is 2.96. The van der Waals surface area contributed by atoms with Crippen molar-refractivity contribution in [1.82, 2.24) is 5.32 Å². The Morgan fingerprint density at radius 2 is 2.35 bits per heavy atom. The minimum Gasteiger partial charge on any atom is -0.493 e. The summed E-state index contributed by atoms with van der Waals surface area (Å²) < 4.78 is 16.3. The first-order valence-electron chi connectivity index (χ1n) is 6.99. The van der Waals surface area contributed by atoms with E-state index < -0.39 is 0 Å². The quantitative estimate of drug-likeness (QED) is 0.749. The highest BCUT2D eigenvalue weighted by atomic mass is 35.5. The SMILES string of the molecule is COCCNCc1c(Cl)cccc1OCC1CCOC1. The van der Waals surface area contributed by atoms with E-state index in [4.69, 9.17) is 25.8 Å². The fourth-order valence-electron chi connectivity index (χ4n) is 2.16. The maximum Gasteiger partial charge on any atom is 0.125 e. The molecule has 1 saturated heterocycles. The molecule has 1 N–H and O–H groups in total. The van der Waals surface area contributed by atoms with E-state index >= 15 is 0 Å². The fourth-order valence-corrected chi connectivity index (χ4v) is 2.39. The zero-order chi connectivity index (χ0) is 14.2. The summed E-state index contributed by atoms with van der Waals surface area (Å²) in [5.41, 5.74) is 1.00. The van der Waals surface area contributed by atoms with Crippen LogP contribution in [0.1, 0.15) is 12.0 Å². The molecule has 1 fully saturated rings. The molecule has 2 rings (SSSR count). The highest BCUT2D eigenvalue weighted by Gasteiger charge is 2.17. The molecule has 0 radical (unpaired) electrons. The van der Waals surface area contributed by atoms with Crippen LogP contribution >= 0.6 is 11.6 Å². The Morgan fingerprint density at radius 1 is 1.45 bits per heavy atom. The molecule has 1 heterocycles. The topological polar surface area (TPSA) is 39.7 Å². The number of rotatable bonds is 8. The lowest BCUT2D eigenvalue weighted by Crippen LogP contribution is -2.20. The summed E-state index contributed by atoms with van der Waals surface area (Å²) in [6, 6.07) is 5.77.